The highest BCUT2D eigenvalue weighted by Crippen LogP contribution is 2.26. The predicted octanol–water partition coefficient (Wildman–Crippen LogP) is -0.0486. The number of hydrogen-bond donors (Lipinski definition) is 2. The van der Waals surface area contributed by atoms with Crippen molar-refractivity contribution in [2.24, 2.45) is 0 Å². The van der Waals surface area contributed by atoms with Crippen molar-refractivity contribution in [3.63, 3.8) is 0 Å². The molecule has 1 aromatic heterocycles. The van der Waals surface area contributed by atoms with Crippen molar-refractivity contribution in [1.82, 2.24) is 4.57 Å². The highest BCUT2D eigenvalue weighted by molar-refractivity contribution is 7.91. The molecule has 1 saturated heterocycles. The number of nitrogens with one attached hydrogen (secondary N) is 1. The van der Waals surface area contributed by atoms with E-state index >= 15 is 0 Å². The van der Waals surface area contributed by atoms with Crippen LogP contribution in [0.3, 0.4) is 0 Å². The molecule has 0 spiro atoms. The Morgan fingerprint density at radius 1 is 1.50 bits per heavy atom. The van der Waals surface area contributed by atoms with Crippen molar-refractivity contribution < 1.29 is 13.5 Å². The second kappa shape index (κ2) is 3.87. The Labute approximate surface area is 97.7 Å². The largest absolute Gasteiger partial charge is 0.390 e. The van der Waals surface area contributed by atoms with E-state index in [1.165, 1.54) is 22.9 Å². The Balaban J connectivity index is 2.42. The number of rotatable bonds is 1. The van der Waals surface area contributed by atoms with Crippen LogP contribution in [0.4, 0.5) is 0 Å². The minimum absolute atomic E-state index is 0.115. The molecule has 2 N–H and O–H groups in total. The van der Waals surface area contributed by atoms with Gasteiger partial charge in [0.15, 0.2) is 9.84 Å². The van der Waals surface area contributed by atoms with Crippen LogP contribution in [0.15, 0.2) is 18.3 Å². The third-order valence-corrected chi connectivity index (χ3v) is 4.59. The van der Waals surface area contributed by atoms with Gasteiger partial charge in [0.1, 0.15) is 5.15 Å². The molecule has 1 aromatic rings. The van der Waals surface area contributed by atoms with Gasteiger partial charge in [0.2, 0.25) is 0 Å². The molecule has 1 aliphatic heterocycles. The van der Waals surface area contributed by atoms with E-state index in [1.54, 1.807) is 0 Å². The van der Waals surface area contributed by atoms with Crippen molar-refractivity contribution in [2.45, 2.75) is 12.1 Å². The summed E-state index contributed by atoms with van der Waals surface area (Å²) in [7, 11) is -3.20. The molecular weight excluding hydrogens is 252 g/mol. The lowest BCUT2D eigenvalue weighted by Gasteiger charge is -2.18. The summed E-state index contributed by atoms with van der Waals surface area (Å²) < 4.78 is 24.2. The lowest BCUT2D eigenvalue weighted by molar-refractivity contribution is 0.153. The van der Waals surface area contributed by atoms with Crippen LogP contribution in [0.5, 0.6) is 0 Å². The van der Waals surface area contributed by atoms with Gasteiger partial charge in [-0.2, -0.15) is 0 Å². The first kappa shape index (κ1) is 11.6. The maximum absolute atomic E-state index is 11.3. The highest BCUT2D eigenvalue weighted by atomic mass is 35.5. The molecule has 16 heavy (non-hydrogen) atoms. The van der Waals surface area contributed by atoms with Gasteiger partial charge in [0.25, 0.3) is 0 Å². The molecule has 88 valence electrons. The summed E-state index contributed by atoms with van der Waals surface area (Å²) >= 11 is 5.91. The number of aromatic nitrogens is 1. The normalized spacial score (nSPS) is 28.1. The first-order chi connectivity index (χ1) is 7.39. The number of nitrogens with zero attached hydrogens (tertiary/aromatic N) is 1. The van der Waals surface area contributed by atoms with E-state index in [4.69, 9.17) is 17.0 Å². The predicted molar refractivity (Wildman–Crippen MR) is 59.0 cm³/mol. The zero-order chi connectivity index (χ0) is 11.9. The summed E-state index contributed by atoms with van der Waals surface area (Å²) in [5, 5.41) is 17.5. The maximum Gasteiger partial charge on any atom is 0.155 e. The highest BCUT2D eigenvalue weighted by Gasteiger charge is 2.37. The molecule has 0 saturated carbocycles. The molecule has 2 atom stereocenters. The van der Waals surface area contributed by atoms with E-state index in [2.05, 4.69) is 0 Å². The molecule has 1 fully saturated rings. The lowest BCUT2D eigenvalue weighted by atomic mass is 10.2. The van der Waals surface area contributed by atoms with Crippen LogP contribution in [0.2, 0.25) is 5.15 Å². The third kappa shape index (κ3) is 2.14. The standard InChI is InChI=1S/C9H11ClN2O3S/c10-9-3-6(11)1-2-12(9)7-4-16(14,15)5-8(7)13/h1-3,7-8,11,13H,4-5H2/t7-,8-/m1/s1. The Morgan fingerprint density at radius 3 is 2.69 bits per heavy atom. The zero-order valence-corrected chi connectivity index (χ0v) is 9.87. The van der Waals surface area contributed by atoms with Gasteiger partial charge in [0.05, 0.1) is 29.0 Å². The number of sulfone groups is 1. The minimum Gasteiger partial charge on any atom is -0.390 e. The first-order valence-corrected chi connectivity index (χ1v) is 6.90. The summed E-state index contributed by atoms with van der Waals surface area (Å²) in [6.45, 7) is 0. The van der Waals surface area contributed by atoms with Gasteiger partial charge in [0, 0.05) is 6.20 Å². The van der Waals surface area contributed by atoms with Crippen LogP contribution >= 0.6 is 11.6 Å². The summed E-state index contributed by atoms with van der Waals surface area (Å²) in [4.78, 5) is 0. The summed E-state index contributed by atoms with van der Waals surface area (Å²) in [5.41, 5.74) is 0. The Kier molecular flexibility index (Phi) is 2.81. The number of halogens is 1. The molecule has 0 aliphatic carbocycles. The summed E-state index contributed by atoms with van der Waals surface area (Å²) in [6.07, 6.45) is 0.587. The fraction of sp³-hybridized carbons (Fsp3) is 0.444. The van der Waals surface area contributed by atoms with Gasteiger partial charge in [-0.05, 0) is 12.1 Å². The average Bonchev–Trinajstić information content (AvgIpc) is 2.39. The molecule has 7 heteroatoms. The van der Waals surface area contributed by atoms with Crippen LogP contribution in [0, 0.1) is 5.41 Å². The van der Waals surface area contributed by atoms with Gasteiger partial charge >= 0.3 is 0 Å². The van der Waals surface area contributed by atoms with E-state index < -0.39 is 22.0 Å². The van der Waals surface area contributed by atoms with Crippen molar-refractivity contribution in [3.05, 3.63) is 28.8 Å². The van der Waals surface area contributed by atoms with Crippen molar-refractivity contribution in [2.75, 3.05) is 11.5 Å². The maximum atomic E-state index is 11.3. The molecule has 1 aliphatic rings. The van der Waals surface area contributed by atoms with Gasteiger partial charge in [-0.1, -0.05) is 11.6 Å². The SMILES string of the molecule is N=c1ccn([C@@H]2CS(=O)(=O)C[C@H]2O)c(Cl)c1. The van der Waals surface area contributed by atoms with Crippen molar-refractivity contribution in [1.29, 1.82) is 5.41 Å². The molecule has 2 rings (SSSR count). The average molecular weight is 263 g/mol. The van der Waals surface area contributed by atoms with Gasteiger partial charge < -0.3 is 15.1 Å². The van der Waals surface area contributed by atoms with E-state index in [9.17, 15) is 13.5 Å². The van der Waals surface area contributed by atoms with Crippen LogP contribution in [0.1, 0.15) is 6.04 Å². The molecular formula is C9H11ClN2O3S. The van der Waals surface area contributed by atoms with Crippen LogP contribution in [-0.4, -0.2) is 35.7 Å². The molecule has 0 unspecified atom stereocenters. The van der Waals surface area contributed by atoms with Crippen LogP contribution in [0.25, 0.3) is 0 Å². The van der Waals surface area contributed by atoms with Gasteiger partial charge in [-0.3, -0.25) is 0 Å². The monoisotopic (exact) mass is 262 g/mol. The smallest absolute Gasteiger partial charge is 0.155 e. The van der Waals surface area contributed by atoms with Crippen LogP contribution < -0.4 is 5.36 Å². The number of aliphatic hydroxyl groups excluding tert-OH is 1. The number of pyridine rings is 1. The van der Waals surface area contributed by atoms with E-state index in [0.717, 1.165) is 0 Å². The van der Waals surface area contributed by atoms with E-state index in [0.29, 0.717) is 0 Å². The third-order valence-electron chi connectivity index (χ3n) is 2.59. The quantitative estimate of drug-likeness (QED) is 0.696. The number of hydrogen-bond acceptors (Lipinski definition) is 4. The molecule has 0 amide bonds. The first-order valence-electron chi connectivity index (χ1n) is 4.70. The Hall–Kier alpha value is -0.850. The molecule has 5 nitrogen and oxygen atoms in total. The molecule has 0 radical (unpaired) electrons. The van der Waals surface area contributed by atoms with E-state index in [-0.39, 0.29) is 22.0 Å². The molecule has 0 aromatic carbocycles. The fourth-order valence-corrected chi connectivity index (χ4v) is 3.91. The van der Waals surface area contributed by atoms with Gasteiger partial charge in [-0.25, -0.2) is 8.42 Å². The Bertz CT molecular complexity index is 566. The topological polar surface area (TPSA) is 83.2 Å². The van der Waals surface area contributed by atoms with Crippen molar-refractivity contribution >= 4 is 21.4 Å². The van der Waals surface area contributed by atoms with E-state index in [1.807, 2.05) is 0 Å². The zero-order valence-electron chi connectivity index (χ0n) is 8.30. The molecule has 2 heterocycles. The Morgan fingerprint density at radius 2 is 2.19 bits per heavy atom. The lowest BCUT2D eigenvalue weighted by Crippen LogP contribution is -2.23. The van der Waals surface area contributed by atoms with Gasteiger partial charge in [-0.15, -0.1) is 0 Å². The second-order valence-electron chi connectivity index (χ2n) is 3.86. The minimum atomic E-state index is -3.20. The summed E-state index contributed by atoms with van der Waals surface area (Å²) in [6, 6.07) is 2.36. The molecule has 0 bridgehead atoms. The van der Waals surface area contributed by atoms with Crippen LogP contribution in [-0.2, 0) is 9.84 Å². The fourth-order valence-electron chi connectivity index (χ4n) is 1.83. The summed E-state index contributed by atoms with van der Waals surface area (Å²) in [5.74, 6) is -0.348. The van der Waals surface area contributed by atoms with Crippen molar-refractivity contribution in [3.8, 4) is 0 Å². The number of aliphatic hydroxyl groups is 1. The second-order valence-corrected chi connectivity index (χ2v) is 6.40.